The summed E-state index contributed by atoms with van der Waals surface area (Å²) in [7, 11) is 3.19. The lowest BCUT2D eigenvalue weighted by Crippen LogP contribution is -2.51. The van der Waals surface area contributed by atoms with E-state index in [9.17, 15) is 14.4 Å². The molecule has 0 saturated carbocycles. The van der Waals surface area contributed by atoms with Gasteiger partial charge in [0.05, 0.1) is 18.9 Å². The molecule has 0 bridgehead atoms. The Labute approximate surface area is 171 Å². The lowest BCUT2D eigenvalue weighted by Gasteiger charge is -2.35. The second-order valence-corrected chi connectivity index (χ2v) is 7.89. The maximum absolute atomic E-state index is 12.5. The molecule has 2 aromatic rings. The molecule has 3 heterocycles. The largest absolute Gasteiger partial charge is 0.493 e. The van der Waals surface area contributed by atoms with Gasteiger partial charge in [-0.1, -0.05) is 11.3 Å². The van der Waals surface area contributed by atoms with Gasteiger partial charge >= 0.3 is 0 Å². The minimum atomic E-state index is -0.263. The summed E-state index contributed by atoms with van der Waals surface area (Å²) in [4.78, 5) is 45.6. The van der Waals surface area contributed by atoms with Crippen molar-refractivity contribution in [2.45, 2.75) is 12.8 Å². The van der Waals surface area contributed by atoms with Crippen LogP contribution in [0.15, 0.2) is 12.1 Å². The number of fused-ring (bicyclic) bond motifs is 1. The number of carbonyl (C=O) groups excluding carboxylic acids is 3. The van der Waals surface area contributed by atoms with Crippen molar-refractivity contribution in [2.24, 2.45) is 0 Å². The average molecular weight is 418 g/mol. The van der Waals surface area contributed by atoms with Crippen LogP contribution in [0.1, 0.15) is 12.8 Å². The van der Waals surface area contributed by atoms with Crippen LogP contribution in [0.5, 0.6) is 11.5 Å². The molecule has 2 aliphatic heterocycles. The highest BCUT2D eigenvalue weighted by Crippen LogP contribution is 2.40. The minimum Gasteiger partial charge on any atom is -0.493 e. The summed E-state index contributed by atoms with van der Waals surface area (Å²) < 4.78 is 11.8. The van der Waals surface area contributed by atoms with E-state index in [1.807, 2.05) is 12.1 Å². The number of hydrogen-bond donors (Lipinski definition) is 0. The first kappa shape index (κ1) is 19.4. The minimum absolute atomic E-state index is 0.157. The Hall–Kier alpha value is -2.88. The van der Waals surface area contributed by atoms with Crippen molar-refractivity contribution in [3.05, 3.63) is 12.1 Å². The number of imide groups is 1. The summed E-state index contributed by atoms with van der Waals surface area (Å²) in [6.45, 7) is 2.15. The number of anilines is 1. The zero-order chi connectivity index (χ0) is 20.5. The lowest BCUT2D eigenvalue weighted by atomic mass is 10.3. The first-order valence-corrected chi connectivity index (χ1v) is 10.2. The molecule has 2 fully saturated rings. The quantitative estimate of drug-likeness (QED) is 0.672. The Bertz CT molecular complexity index is 951. The molecule has 0 atom stereocenters. The number of ether oxygens (including phenoxy) is 2. The van der Waals surface area contributed by atoms with Crippen LogP contribution in [0.2, 0.25) is 0 Å². The van der Waals surface area contributed by atoms with E-state index in [4.69, 9.17) is 14.5 Å². The van der Waals surface area contributed by atoms with Gasteiger partial charge in [0.25, 0.3) is 0 Å². The topological polar surface area (TPSA) is 92.3 Å². The first-order chi connectivity index (χ1) is 14.0. The molecule has 0 unspecified atom stereocenters. The first-order valence-electron chi connectivity index (χ1n) is 9.39. The Morgan fingerprint density at radius 3 is 2.38 bits per heavy atom. The summed E-state index contributed by atoms with van der Waals surface area (Å²) in [5.74, 6) is 0.533. The monoisotopic (exact) mass is 418 g/mol. The number of aromatic nitrogens is 1. The molecule has 9 nitrogen and oxygen atoms in total. The SMILES string of the molecule is COc1ccc2sc(N3CCN(C(=O)CN4C(=O)CCC4=O)CC3)nc2c1OC. The second-order valence-electron chi connectivity index (χ2n) is 6.89. The molecular weight excluding hydrogens is 396 g/mol. The predicted molar refractivity (Wildman–Crippen MR) is 107 cm³/mol. The van der Waals surface area contributed by atoms with Crippen LogP contribution in [0.3, 0.4) is 0 Å². The van der Waals surface area contributed by atoms with Gasteiger partial charge in [-0.2, -0.15) is 0 Å². The molecule has 3 amide bonds. The van der Waals surface area contributed by atoms with Crippen LogP contribution in [0.25, 0.3) is 10.2 Å². The van der Waals surface area contributed by atoms with E-state index >= 15 is 0 Å². The number of benzene rings is 1. The second kappa shape index (κ2) is 7.86. The summed E-state index contributed by atoms with van der Waals surface area (Å²) in [5, 5.41) is 0.864. The standard InChI is InChI=1S/C19H22N4O5S/c1-27-12-3-4-13-17(18(12)28-2)20-19(29-13)22-9-7-21(8-10-22)16(26)11-23-14(24)5-6-15(23)25/h3-4H,5-11H2,1-2H3. The van der Waals surface area contributed by atoms with E-state index in [1.165, 1.54) is 0 Å². The van der Waals surface area contributed by atoms with Crippen LogP contribution in [0.4, 0.5) is 5.13 Å². The zero-order valence-corrected chi connectivity index (χ0v) is 17.2. The van der Waals surface area contributed by atoms with Crippen molar-refractivity contribution in [2.75, 3.05) is 51.8 Å². The van der Waals surface area contributed by atoms with E-state index in [-0.39, 0.29) is 37.1 Å². The van der Waals surface area contributed by atoms with Gasteiger partial charge in [0.2, 0.25) is 17.7 Å². The van der Waals surface area contributed by atoms with Crippen LogP contribution in [-0.2, 0) is 14.4 Å². The summed E-state index contributed by atoms with van der Waals surface area (Å²) in [6, 6.07) is 3.82. The van der Waals surface area contributed by atoms with Gasteiger partial charge < -0.3 is 19.3 Å². The number of thiazole rings is 1. The van der Waals surface area contributed by atoms with E-state index in [2.05, 4.69) is 4.90 Å². The molecular formula is C19H22N4O5S. The molecule has 0 spiro atoms. The van der Waals surface area contributed by atoms with Crippen molar-refractivity contribution < 1.29 is 23.9 Å². The van der Waals surface area contributed by atoms with Crippen molar-refractivity contribution >= 4 is 44.4 Å². The van der Waals surface area contributed by atoms with Gasteiger partial charge in [-0.25, -0.2) is 4.98 Å². The van der Waals surface area contributed by atoms with Crippen LogP contribution < -0.4 is 14.4 Å². The Morgan fingerprint density at radius 2 is 1.76 bits per heavy atom. The number of likely N-dealkylation sites (tertiary alicyclic amines) is 1. The molecule has 0 radical (unpaired) electrons. The number of rotatable bonds is 5. The van der Waals surface area contributed by atoms with Gasteiger partial charge in [-0.15, -0.1) is 0 Å². The maximum atomic E-state index is 12.5. The Morgan fingerprint density at radius 1 is 1.07 bits per heavy atom. The highest BCUT2D eigenvalue weighted by atomic mass is 32.1. The molecule has 2 saturated heterocycles. The molecule has 154 valence electrons. The number of methoxy groups -OCH3 is 2. The number of hydrogen-bond acceptors (Lipinski definition) is 8. The molecule has 1 aromatic heterocycles. The molecule has 1 aromatic carbocycles. The van der Waals surface area contributed by atoms with E-state index in [0.717, 1.165) is 20.2 Å². The smallest absolute Gasteiger partial charge is 0.242 e. The maximum Gasteiger partial charge on any atom is 0.242 e. The predicted octanol–water partition coefficient (Wildman–Crippen LogP) is 1.11. The van der Waals surface area contributed by atoms with E-state index in [1.54, 1.807) is 30.5 Å². The van der Waals surface area contributed by atoms with Crippen LogP contribution in [0, 0.1) is 0 Å². The van der Waals surface area contributed by atoms with Gasteiger partial charge in [0, 0.05) is 39.0 Å². The van der Waals surface area contributed by atoms with Crippen molar-refractivity contribution in [3.63, 3.8) is 0 Å². The van der Waals surface area contributed by atoms with Gasteiger partial charge in [0.15, 0.2) is 16.6 Å². The van der Waals surface area contributed by atoms with Crippen LogP contribution in [-0.4, -0.2) is 79.4 Å². The molecule has 0 N–H and O–H groups in total. The Balaban J connectivity index is 1.42. The van der Waals surface area contributed by atoms with Gasteiger partial charge in [-0.05, 0) is 12.1 Å². The third-order valence-electron chi connectivity index (χ3n) is 5.24. The summed E-state index contributed by atoms with van der Waals surface area (Å²) in [5.41, 5.74) is 0.761. The molecule has 29 heavy (non-hydrogen) atoms. The molecule has 0 aliphatic carbocycles. The fourth-order valence-corrected chi connectivity index (χ4v) is 4.63. The summed E-state index contributed by atoms with van der Waals surface area (Å²) >= 11 is 1.57. The zero-order valence-electron chi connectivity index (χ0n) is 16.3. The van der Waals surface area contributed by atoms with Crippen molar-refractivity contribution in [3.8, 4) is 11.5 Å². The molecule has 10 heteroatoms. The Kier molecular flexibility index (Phi) is 5.27. The fourth-order valence-electron chi connectivity index (χ4n) is 3.61. The summed E-state index contributed by atoms with van der Waals surface area (Å²) in [6.07, 6.45) is 0.400. The van der Waals surface area contributed by atoms with Crippen molar-refractivity contribution in [1.29, 1.82) is 0 Å². The third kappa shape index (κ3) is 3.59. The number of nitrogens with zero attached hydrogens (tertiary/aromatic N) is 4. The average Bonchev–Trinajstić information content (AvgIpc) is 3.31. The van der Waals surface area contributed by atoms with Gasteiger partial charge in [0.1, 0.15) is 12.1 Å². The number of piperazine rings is 1. The number of amides is 3. The number of carbonyl (C=O) groups is 3. The normalized spacial score (nSPS) is 17.4. The van der Waals surface area contributed by atoms with Gasteiger partial charge in [-0.3, -0.25) is 19.3 Å². The fraction of sp³-hybridized carbons (Fsp3) is 0.474. The molecule has 2 aliphatic rings. The van der Waals surface area contributed by atoms with Crippen molar-refractivity contribution in [1.82, 2.24) is 14.8 Å². The van der Waals surface area contributed by atoms with Crippen LogP contribution >= 0.6 is 11.3 Å². The highest BCUT2D eigenvalue weighted by molar-refractivity contribution is 7.22. The van der Waals surface area contributed by atoms with E-state index in [0.29, 0.717) is 37.7 Å². The molecule has 4 rings (SSSR count). The highest BCUT2D eigenvalue weighted by Gasteiger charge is 2.32. The lowest BCUT2D eigenvalue weighted by molar-refractivity contribution is -0.145. The third-order valence-corrected chi connectivity index (χ3v) is 6.32. The van der Waals surface area contributed by atoms with E-state index < -0.39 is 0 Å².